The van der Waals surface area contributed by atoms with Crippen molar-refractivity contribution in [2.45, 2.75) is 72.9 Å². The number of benzene rings is 7. The summed E-state index contributed by atoms with van der Waals surface area (Å²) in [6.45, 7) is 17.9. The van der Waals surface area contributed by atoms with Gasteiger partial charge in [-0.15, -0.1) is 0 Å². The number of nitrogens with zero attached hydrogens (tertiary/aromatic N) is 4. The van der Waals surface area contributed by atoms with Gasteiger partial charge in [0.25, 0.3) is 0 Å². The Morgan fingerprint density at radius 3 is 2.03 bits per heavy atom. The zero-order valence-corrected chi connectivity index (χ0v) is 37.7. The topological polar surface area (TPSA) is 42.6 Å². The van der Waals surface area contributed by atoms with Crippen LogP contribution in [0.3, 0.4) is 0 Å². The van der Waals surface area contributed by atoms with E-state index in [1.165, 1.54) is 77.8 Å². The van der Waals surface area contributed by atoms with Crippen LogP contribution >= 0.6 is 0 Å². The molecule has 0 spiro atoms. The molecule has 9 aromatic rings. The molecule has 3 aliphatic rings. The lowest BCUT2D eigenvalue weighted by Gasteiger charge is -2.38. The number of aryl methyl sites for hydroxylation is 6. The minimum Gasteiger partial charge on any atom is -0.457 e. The number of aliphatic imine (C=N–C) groups is 1. The van der Waals surface area contributed by atoms with E-state index >= 15 is 0 Å². The first-order chi connectivity index (χ1) is 30.9. The maximum atomic E-state index is 7.23. The molecule has 0 N–H and O–H groups in total. The molecule has 2 aliphatic heterocycles. The van der Waals surface area contributed by atoms with E-state index in [0.717, 1.165) is 56.3 Å². The van der Waals surface area contributed by atoms with E-state index in [2.05, 4.69) is 198 Å². The summed E-state index contributed by atoms with van der Waals surface area (Å²) < 4.78 is 9.59. The largest absolute Gasteiger partial charge is 0.457 e. The van der Waals surface area contributed by atoms with Gasteiger partial charge in [0.15, 0.2) is 0 Å². The number of hydrogen-bond acceptors (Lipinski definition) is 4. The highest BCUT2D eigenvalue weighted by Gasteiger charge is 2.45. The van der Waals surface area contributed by atoms with Crippen LogP contribution in [-0.4, -0.2) is 15.4 Å². The smallest absolute Gasteiger partial charge is 0.145 e. The molecule has 0 radical (unpaired) electrons. The fourth-order valence-electron chi connectivity index (χ4n) is 11.4. The van der Waals surface area contributed by atoms with Gasteiger partial charge in [-0.25, -0.2) is 4.98 Å². The summed E-state index contributed by atoms with van der Waals surface area (Å²) in [6, 6.07) is 51.2. The molecule has 5 heteroatoms. The second-order valence-electron chi connectivity index (χ2n) is 19.0. The van der Waals surface area contributed by atoms with Crippen LogP contribution in [0.1, 0.15) is 87.1 Å². The number of amidine groups is 1. The summed E-state index contributed by atoms with van der Waals surface area (Å²) in [5.41, 5.74) is 22.5. The normalized spacial score (nSPS) is 16.6. The number of fused-ring (bicyclic) bond motifs is 11. The molecule has 2 aromatic heterocycles. The van der Waals surface area contributed by atoms with Crippen LogP contribution < -0.4 is 9.64 Å². The molecule has 0 amide bonds. The Morgan fingerprint density at radius 1 is 0.562 bits per heavy atom. The first-order valence-corrected chi connectivity index (χ1v) is 22.5. The van der Waals surface area contributed by atoms with Crippen LogP contribution in [0.2, 0.25) is 0 Å². The molecule has 0 saturated carbocycles. The molecule has 1 aliphatic carbocycles. The van der Waals surface area contributed by atoms with Crippen LogP contribution in [-0.2, 0) is 5.41 Å². The molecule has 0 fully saturated rings. The highest BCUT2D eigenvalue weighted by Crippen LogP contribution is 2.56. The predicted octanol–water partition coefficient (Wildman–Crippen LogP) is 14.9. The van der Waals surface area contributed by atoms with Crippen LogP contribution in [0, 0.1) is 41.5 Å². The minimum atomic E-state index is -0.232. The van der Waals surface area contributed by atoms with Crippen LogP contribution in [0.4, 0.5) is 5.69 Å². The number of anilines is 1. The molecular formula is C59H50N4O. The van der Waals surface area contributed by atoms with Gasteiger partial charge in [0.1, 0.15) is 29.0 Å². The fourth-order valence-corrected chi connectivity index (χ4v) is 11.4. The van der Waals surface area contributed by atoms with Gasteiger partial charge in [-0.2, -0.15) is 0 Å². The molecule has 12 rings (SSSR count). The quantitative estimate of drug-likeness (QED) is 0.174. The summed E-state index contributed by atoms with van der Waals surface area (Å²) in [5, 5.41) is 2.38. The monoisotopic (exact) mass is 830 g/mol. The third-order valence-corrected chi connectivity index (χ3v) is 14.2. The predicted molar refractivity (Wildman–Crippen MR) is 264 cm³/mol. The fraction of sp³-hybridized carbons (Fsp3) is 0.186. The van der Waals surface area contributed by atoms with Crippen LogP contribution in [0.15, 0.2) is 151 Å². The van der Waals surface area contributed by atoms with E-state index in [1.807, 2.05) is 12.3 Å². The van der Waals surface area contributed by atoms with Gasteiger partial charge in [-0.05, 0) is 139 Å². The Hall–Kier alpha value is -7.24. The second kappa shape index (κ2) is 13.9. The first-order valence-electron chi connectivity index (χ1n) is 22.5. The molecule has 64 heavy (non-hydrogen) atoms. The summed E-state index contributed by atoms with van der Waals surface area (Å²) in [5.74, 6) is 2.52. The van der Waals surface area contributed by atoms with Crippen molar-refractivity contribution in [3.63, 3.8) is 0 Å². The summed E-state index contributed by atoms with van der Waals surface area (Å²) >= 11 is 0. The van der Waals surface area contributed by atoms with Crippen molar-refractivity contribution in [3.05, 3.63) is 207 Å². The number of hydrogen-bond donors (Lipinski definition) is 0. The van der Waals surface area contributed by atoms with Crippen molar-refractivity contribution in [1.82, 2.24) is 9.55 Å². The lowest BCUT2D eigenvalue weighted by Crippen LogP contribution is -2.35. The van der Waals surface area contributed by atoms with Crippen molar-refractivity contribution in [2.24, 2.45) is 4.99 Å². The first kappa shape index (κ1) is 38.4. The Labute approximate surface area is 375 Å². The highest BCUT2D eigenvalue weighted by atomic mass is 16.5. The zero-order valence-electron chi connectivity index (χ0n) is 37.7. The molecule has 0 unspecified atom stereocenters. The molecule has 0 bridgehead atoms. The average molecular weight is 831 g/mol. The molecule has 312 valence electrons. The summed E-state index contributed by atoms with van der Waals surface area (Å²) in [6.07, 6.45) is 1.90. The van der Waals surface area contributed by atoms with E-state index in [1.54, 1.807) is 0 Å². The third kappa shape index (κ3) is 5.62. The summed E-state index contributed by atoms with van der Waals surface area (Å²) in [7, 11) is 0. The van der Waals surface area contributed by atoms with Gasteiger partial charge in [0.2, 0.25) is 0 Å². The standard InChI is InChI=1S/C59H50N4O/c1-33-19-21-43-47(26-33)48-27-34(2)20-22-45(48)56-53(43)61-57(63(56)54-37(5)24-35(3)25-38(54)6)41-29-40(39-14-10-9-11-15-39)30-42(31-41)64-52-32-51-50(28-36(52)4)59(7,8)49-18-12-16-44-46-17-13-23-60-58(46)62(51)55(44)49/h9-32,53,56H,1-8H3/t53-,56+/m1/s1. The Kier molecular flexibility index (Phi) is 8.34. The molecule has 5 nitrogen and oxygen atoms in total. The average Bonchev–Trinajstić information content (AvgIpc) is 3.83. The van der Waals surface area contributed by atoms with Gasteiger partial charge < -0.3 is 9.64 Å². The van der Waals surface area contributed by atoms with E-state index in [-0.39, 0.29) is 17.5 Å². The minimum absolute atomic E-state index is 0.0402. The Morgan fingerprint density at radius 2 is 1.27 bits per heavy atom. The van der Waals surface area contributed by atoms with Gasteiger partial charge in [-0.1, -0.05) is 128 Å². The Bertz CT molecular complexity index is 3460. The highest BCUT2D eigenvalue weighted by molar-refractivity contribution is 6.14. The second-order valence-corrected chi connectivity index (χ2v) is 19.0. The van der Waals surface area contributed by atoms with Crippen molar-refractivity contribution in [1.29, 1.82) is 0 Å². The molecule has 7 aromatic carbocycles. The zero-order chi connectivity index (χ0) is 43.8. The van der Waals surface area contributed by atoms with Gasteiger partial charge >= 0.3 is 0 Å². The number of para-hydroxylation sites is 1. The van der Waals surface area contributed by atoms with E-state index in [4.69, 9.17) is 14.7 Å². The number of aromatic nitrogens is 2. The van der Waals surface area contributed by atoms with Crippen molar-refractivity contribution < 1.29 is 4.74 Å². The summed E-state index contributed by atoms with van der Waals surface area (Å²) in [4.78, 5) is 13.4. The SMILES string of the molecule is Cc1cc(C)c(N2C(c3cc(Oc4cc5c(cc4C)C(C)(C)c4cccc6c7cccnc7n-5c46)cc(-c4ccccc4)c3)=N[C@@H]3c4ccc(C)cc4-c4cc(C)ccc4[C@@H]32)c(C)c1. The molecular weight excluding hydrogens is 781 g/mol. The molecule has 2 atom stereocenters. The van der Waals surface area contributed by atoms with Crippen molar-refractivity contribution >= 4 is 33.5 Å². The van der Waals surface area contributed by atoms with E-state index in [9.17, 15) is 0 Å². The third-order valence-electron chi connectivity index (χ3n) is 14.2. The molecule has 0 saturated heterocycles. The van der Waals surface area contributed by atoms with Crippen LogP contribution in [0.25, 0.3) is 49.9 Å². The van der Waals surface area contributed by atoms with Crippen molar-refractivity contribution in [2.75, 3.05) is 4.90 Å². The lowest BCUT2D eigenvalue weighted by molar-refractivity contribution is 0.477. The number of ether oxygens (including phenoxy) is 1. The number of pyridine rings is 1. The van der Waals surface area contributed by atoms with Gasteiger partial charge in [0, 0.05) is 39.7 Å². The van der Waals surface area contributed by atoms with Crippen molar-refractivity contribution in [3.8, 4) is 39.4 Å². The van der Waals surface area contributed by atoms with E-state index in [0.29, 0.717) is 0 Å². The Balaban J connectivity index is 1.07. The van der Waals surface area contributed by atoms with E-state index < -0.39 is 0 Å². The lowest BCUT2D eigenvalue weighted by atomic mass is 9.74. The van der Waals surface area contributed by atoms with Gasteiger partial charge in [-0.3, -0.25) is 9.56 Å². The van der Waals surface area contributed by atoms with Crippen LogP contribution in [0.5, 0.6) is 11.5 Å². The van der Waals surface area contributed by atoms with Gasteiger partial charge in [0.05, 0.1) is 17.2 Å². The molecule has 4 heterocycles. The number of rotatable bonds is 5. The maximum absolute atomic E-state index is 7.23. The maximum Gasteiger partial charge on any atom is 0.145 e.